The second-order valence-corrected chi connectivity index (χ2v) is 6.20. The molecule has 4 rings (SSSR count). The number of anilines is 1. The fraction of sp³-hybridized carbons (Fsp3) is 0.0870. The Kier molecular flexibility index (Phi) is 4.42. The maximum Gasteiger partial charge on any atom is 0.0688 e. The second-order valence-electron chi connectivity index (χ2n) is 6.20. The van der Waals surface area contributed by atoms with Crippen molar-refractivity contribution in [2.75, 3.05) is 5.43 Å². The van der Waals surface area contributed by atoms with Gasteiger partial charge in [0.15, 0.2) is 0 Å². The molecule has 0 heterocycles. The summed E-state index contributed by atoms with van der Waals surface area (Å²) in [5, 5.41) is 4.73. The molecule has 0 saturated carbocycles. The van der Waals surface area contributed by atoms with Crippen LogP contribution in [0.2, 0.25) is 0 Å². The van der Waals surface area contributed by atoms with Gasteiger partial charge in [0, 0.05) is 12.3 Å². The van der Waals surface area contributed by atoms with Crippen molar-refractivity contribution >= 4 is 17.5 Å². The molecular formula is C23H20N2. The van der Waals surface area contributed by atoms with E-state index in [1.54, 1.807) is 0 Å². The van der Waals surface area contributed by atoms with Crippen molar-refractivity contribution in [3.63, 3.8) is 0 Å². The van der Waals surface area contributed by atoms with Gasteiger partial charge in [0.25, 0.3) is 0 Å². The highest BCUT2D eigenvalue weighted by molar-refractivity contribution is 6.01. The van der Waals surface area contributed by atoms with Crippen LogP contribution in [0.1, 0.15) is 29.0 Å². The summed E-state index contributed by atoms with van der Waals surface area (Å²) in [6, 6.07) is 29.1. The number of hydrazone groups is 1. The van der Waals surface area contributed by atoms with E-state index in [0.29, 0.717) is 5.92 Å². The number of hydrogen-bond donors (Lipinski definition) is 1. The lowest BCUT2D eigenvalue weighted by Gasteiger charge is -2.14. The minimum absolute atomic E-state index is 0.368. The number of para-hydroxylation sites is 1. The largest absolute Gasteiger partial charge is 0.278 e. The molecule has 0 fully saturated rings. The number of nitrogens with zero attached hydrogens (tertiary/aromatic N) is 1. The van der Waals surface area contributed by atoms with E-state index >= 15 is 0 Å². The van der Waals surface area contributed by atoms with Crippen molar-refractivity contribution < 1.29 is 0 Å². The zero-order valence-corrected chi connectivity index (χ0v) is 14.0. The molecule has 25 heavy (non-hydrogen) atoms. The Hall–Kier alpha value is -3.13. The molecule has 0 aliphatic heterocycles. The summed E-state index contributed by atoms with van der Waals surface area (Å²) in [6.45, 7) is 0. The quantitative estimate of drug-likeness (QED) is 0.472. The van der Waals surface area contributed by atoms with Gasteiger partial charge in [0.05, 0.1) is 11.4 Å². The van der Waals surface area contributed by atoms with Crippen LogP contribution in [-0.2, 0) is 0 Å². The Bertz CT molecular complexity index is 896. The fourth-order valence-electron chi connectivity index (χ4n) is 3.21. The van der Waals surface area contributed by atoms with Crippen LogP contribution in [0.15, 0.2) is 96.1 Å². The molecule has 1 aliphatic carbocycles. The Morgan fingerprint density at radius 1 is 0.800 bits per heavy atom. The molecule has 3 aromatic carbocycles. The van der Waals surface area contributed by atoms with Gasteiger partial charge in [-0.15, -0.1) is 0 Å². The Morgan fingerprint density at radius 3 is 2.28 bits per heavy atom. The Morgan fingerprint density at radius 2 is 1.48 bits per heavy atom. The van der Waals surface area contributed by atoms with E-state index in [2.05, 4.69) is 66.1 Å². The standard InChI is InChI=1S/C23H20N2/c1-3-10-19(11-4-1)23(25-24-21-12-5-2-6-13-21)17-20-16-15-18-9-7-8-14-22(18)20/h1-16,20,24H,17H2. The highest BCUT2D eigenvalue weighted by atomic mass is 15.3. The third kappa shape index (κ3) is 3.53. The van der Waals surface area contributed by atoms with Gasteiger partial charge in [-0.3, -0.25) is 5.43 Å². The minimum Gasteiger partial charge on any atom is -0.278 e. The number of hydrogen-bond acceptors (Lipinski definition) is 2. The van der Waals surface area contributed by atoms with Crippen molar-refractivity contribution in [3.8, 4) is 0 Å². The zero-order chi connectivity index (χ0) is 16.9. The van der Waals surface area contributed by atoms with Crippen molar-refractivity contribution in [2.24, 2.45) is 5.10 Å². The maximum atomic E-state index is 4.73. The summed E-state index contributed by atoms with van der Waals surface area (Å²) in [5.41, 5.74) is 9.12. The third-order valence-electron chi connectivity index (χ3n) is 4.52. The molecular weight excluding hydrogens is 304 g/mol. The molecule has 1 N–H and O–H groups in total. The first-order valence-electron chi connectivity index (χ1n) is 8.60. The summed E-state index contributed by atoms with van der Waals surface area (Å²) in [6.07, 6.45) is 5.37. The molecule has 2 heteroatoms. The summed E-state index contributed by atoms with van der Waals surface area (Å²) in [4.78, 5) is 0. The van der Waals surface area contributed by atoms with Crippen LogP contribution in [0.3, 0.4) is 0 Å². The van der Waals surface area contributed by atoms with Crippen LogP contribution < -0.4 is 5.43 Å². The lowest BCUT2D eigenvalue weighted by molar-refractivity contribution is 0.907. The van der Waals surface area contributed by atoms with E-state index in [4.69, 9.17) is 5.10 Å². The van der Waals surface area contributed by atoms with Gasteiger partial charge in [-0.2, -0.15) is 5.10 Å². The van der Waals surface area contributed by atoms with E-state index in [-0.39, 0.29) is 0 Å². The average Bonchev–Trinajstić information content (AvgIpc) is 3.09. The first-order chi connectivity index (χ1) is 12.4. The summed E-state index contributed by atoms with van der Waals surface area (Å²) < 4.78 is 0. The minimum atomic E-state index is 0.368. The molecule has 0 spiro atoms. The van der Waals surface area contributed by atoms with Gasteiger partial charge >= 0.3 is 0 Å². The fourth-order valence-corrected chi connectivity index (χ4v) is 3.21. The van der Waals surface area contributed by atoms with Gasteiger partial charge in [-0.25, -0.2) is 0 Å². The van der Waals surface area contributed by atoms with Gasteiger partial charge in [0.1, 0.15) is 0 Å². The number of fused-ring (bicyclic) bond motifs is 1. The van der Waals surface area contributed by atoms with Gasteiger partial charge in [-0.1, -0.05) is 84.9 Å². The summed E-state index contributed by atoms with van der Waals surface area (Å²) in [7, 11) is 0. The molecule has 0 radical (unpaired) electrons. The van der Waals surface area contributed by atoms with Crippen LogP contribution in [0.25, 0.3) is 6.08 Å². The molecule has 2 nitrogen and oxygen atoms in total. The summed E-state index contributed by atoms with van der Waals surface area (Å²) in [5.74, 6) is 0.368. The maximum absolute atomic E-state index is 4.73. The second kappa shape index (κ2) is 7.18. The topological polar surface area (TPSA) is 24.4 Å². The Labute approximate surface area is 148 Å². The third-order valence-corrected chi connectivity index (χ3v) is 4.52. The molecule has 1 unspecified atom stereocenters. The average molecular weight is 324 g/mol. The highest BCUT2D eigenvalue weighted by Gasteiger charge is 2.19. The van der Waals surface area contributed by atoms with E-state index in [0.717, 1.165) is 23.4 Å². The van der Waals surface area contributed by atoms with Crippen LogP contribution >= 0.6 is 0 Å². The first kappa shape index (κ1) is 15.4. The molecule has 1 atom stereocenters. The highest BCUT2D eigenvalue weighted by Crippen LogP contribution is 2.33. The van der Waals surface area contributed by atoms with Crippen LogP contribution in [-0.4, -0.2) is 5.71 Å². The van der Waals surface area contributed by atoms with Crippen molar-refractivity contribution in [2.45, 2.75) is 12.3 Å². The molecule has 0 amide bonds. The molecule has 1 aliphatic rings. The lowest BCUT2D eigenvalue weighted by atomic mass is 9.93. The number of nitrogens with one attached hydrogen (secondary N) is 1. The van der Waals surface area contributed by atoms with Crippen molar-refractivity contribution in [1.29, 1.82) is 0 Å². The molecule has 3 aromatic rings. The predicted molar refractivity (Wildman–Crippen MR) is 106 cm³/mol. The molecule has 0 aromatic heterocycles. The number of rotatable bonds is 5. The van der Waals surface area contributed by atoms with Crippen LogP contribution in [0, 0.1) is 0 Å². The van der Waals surface area contributed by atoms with E-state index in [1.165, 1.54) is 11.1 Å². The van der Waals surface area contributed by atoms with Crippen molar-refractivity contribution in [1.82, 2.24) is 0 Å². The van der Waals surface area contributed by atoms with Gasteiger partial charge in [-0.05, 0) is 28.8 Å². The van der Waals surface area contributed by atoms with Crippen LogP contribution in [0.5, 0.6) is 0 Å². The van der Waals surface area contributed by atoms with E-state index in [1.807, 2.05) is 36.4 Å². The van der Waals surface area contributed by atoms with Crippen LogP contribution in [0.4, 0.5) is 5.69 Å². The van der Waals surface area contributed by atoms with Gasteiger partial charge in [0.2, 0.25) is 0 Å². The SMILES string of the molecule is C1=CC(CC(=NNc2ccccc2)c2ccccc2)c2ccccc21. The normalized spacial score (nSPS) is 15.8. The first-order valence-corrected chi connectivity index (χ1v) is 8.60. The number of benzene rings is 3. The molecule has 122 valence electrons. The smallest absolute Gasteiger partial charge is 0.0688 e. The predicted octanol–water partition coefficient (Wildman–Crippen LogP) is 5.70. The zero-order valence-electron chi connectivity index (χ0n) is 14.0. The molecule has 0 saturated heterocycles. The molecule has 0 bridgehead atoms. The van der Waals surface area contributed by atoms with Crippen molar-refractivity contribution in [3.05, 3.63) is 108 Å². The lowest BCUT2D eigenvalue weighted by Crippen LogP contribution is -2.09. The Balaban J connectivity index is 1.62. The van der Waals surface area contributed by atoms with E-state index in [9.17, 15) is 0 Å². The summed E-state index contributed by atoms with van der Waals surface area (Å²) >= 11 is 0. The number of allylic oxidation sites excluding steroid dienone is 1. The monoisotopic (exact) mass is 324 g/mol. The van der Waals surface area contributed by atoms with E-state index < -0.39 is 0 Å². The van der Waals surface area contributed by atoms with Gasteiger partial charge < -0.3 is 0 Å².